The van der Waals surface area contributed by atoms with Crippen LogP contribution < -0.4 is 16.0 Å². The summed E-state index contributed by atoms with van der Waals surface area (Å²) in [6.07, 6.45) is 2.46. The second-order valence-electron chi connectivity index (χ2n) is 16.2. The second kappa shape index (κ2) is 24.2. The van der Waals surface area contributed by atoms with Crippen LogP contribution in [-0.4, -0.2) is 147 Å². The number of nitrogens with zero attached hydrogens (tertiary/aromatic N) is 3. The van der Waals surface area contributed by atoms with Gasteiger partial charge in [-0.2, -0.15) is 0 Å². The quantitative estimate of drug-likeness (QED) is 0.0961. The Bertz CT molecular complexity index is 1460. The Hall–Kier alpha value is -3.85. The van der Waals surface area contributed by atoms with Gasteiger partial charge in [0.05, 0.1) is 42.7 Å². The van der Waals surface area contributed by atoms with Crippen molar-refractivity contribution in [1.29, 1.82) is 0 Å². The Morgan fingerprint density at radius 1 is 0.912 bits per heavy atom. The minimum atomic E-state index is -0.859. The van der Waals surface area contributed by atoms with Gasteiger partial charge in [0.1, 0.15) is 12.1 Å². The molecule has 14 heteroatoms. The lowest BCUT2D eigenvalue weighted by Crippen LogP contribution is -2.59. The first-order valence-electron chi connectivity index (χ1n) is 20.4. The highest BCUT2D eigenvalue weighted by atomic mass is 16.5. The van der Waals surface area contributed by atoms with Gasteiger partial charge in [-0.3, -0.25) is 28.9 Å². The Balaban J connectivity index is 2.30. The molecular formula is C43H72N6O8. The molecule has 1 aliphatic rings. The number of aliphatic hydroxyl groups excluding tert-OH is 1. The summed E-state index contributed by atoms with van der Waals surface area (Å²) < 4.78 is 11.9. The molecule has 1 saturated heterocycles. The van der Waals surface area contributed by atoms with Crippen LogP contribution in [0.4, 0.5) is 0 Å². The molecule has 8 atom stereocenters. The Morgan fingerprint density at radius 2 is 1.56 bits per heavy atom. The maximum Gasteiger partial charge on any atom is 0.245 e. The predicted octanol–water partition coefficient (Wildman–Crippen LogP) is 2.78. The first kappa shape index (κ1) is 49.3. The van der Waals surface area contributed by atoms with E-state index < -0.39 is 48.3 Å². The van der Waals surface area contributed by atoms with E-state index in [4.69, 9.17) is 9.47 Å². The molecule has 57 heavy (non-hydrogen) atoms. The van der Waals surface area contributed by atoms with Gasteiger partial charge in [0.25, 0.3) is 0 Å². The number of nitrogens with one attached hydrogen (secondary N) is 3. The number of ether oxygens (including phenoxy) is 2. The number of carbonyl (C=O) groups excluding carboxylic acids is 5. The van der Waals surface area contributed by atoms with E-state index in [1.165, 1.54) is 14.2 Å². The highest BCUT2D eigenvalue weighted by molar-refractivity contribution is 5.91. The number of likely N-dealkylation sites (tertiary alicyclic amines) is 1. The topological polar surface area (TPSA) is 170 Å². The van der Waals surface area contributed by atoms with Gasteiger partial charge in [-0.15, -0.1) is 0 Å². The van der Waals surface area contributed by atoms with Gasteiger partial charge in [-0.1, -0.05) is 76.6 Å². The van der Waals surface area contributed by atoms with Gasteiger partial charge in [-0.25, -0.2) is 0 Å². The highest BCUT2D eigenvalue weighted by Gasteiger charge is 2.43. The van der Waals surface area contributed by atoms with Crippen LogP contribution in [0.3, 0.4) is 0 Å². The monoisotopic (exact) mass is 801 g/mol. The number of aliphatic hydroxyl groups is 1. The van der Waals surface area contributed by atoms with Crippen LogP contribution in [0.1, 0.15) is 79.7 Å². The van der Waals surface area contributed by atoms with Crippen LogP contribution >= 0.6 is 0 Å². The first-order chi connectivity index (χ1) is 26.9. The smallest absolute Gasteiger partial charge is 0.245 e. The van der Waals surface area contributed by atoms with E-state index in [1.54, 1.807) is 23.8 Å². The minimum Gasteiger partial charge on any atom is -0.396 e. The number of carbonyl (C=O) groups is 5. The second-order valence-corrected chi connectivity index (χ2v) is 16.2. The fraction of sp³-hybridized carbons (Fsp3) is 0.698. The summed E-state index contributed by atoms with van der Waals surface area (Å²) in [7, 11) is 8.41. The number of methoxy groups -OCH3 is 2. The molecule has 1 aromatic carbocycles. The predicted molar refractivity (Wildman–Crippen MR) is 222 cm³/mol. The molecule has 1 aliphatic heterocycles. The molecule has 322 valence electrons. The van der Waals surface area contributed by atoms with Crippen molar-refractivity contribution in [2.75, 3.05) is 55.1 Å². The van der Waals surface area contributed by atoms with Crippen molar-refractivity contribution >= 4 is 29.5 Å². The zero-order valence-electron chi connectivity index (χ0n) is 36.5. The number of hydrogen-bond donors (Lipinski definition) is 4. The zero-order chi connectivity index (χ0) is 43.0. The fourth-order valence-corrected chi connectivity index (χ4v) is 7.94. The van der Waals surface area contributed by atoms with E-state index in [9.17, 15) is 29.1 Å². The van der Waals surface area contributed by atoms with Crippen LogP contribution in [0.2, 0.25) is 0 Å². The maximum atomic E-state index is 14.3. The third kappa shape index (κ3) is 13.9. The SMILES string of the molecule is C/C=C(/C)[C@@H]([C@@H](CC(=O)N1CCC[C@H]1[C@H](OC)[C@@H](C)C(=O)N[C@@H](Cc1ccccc1)C(=O)NCCCO)OC)N(C)C(=O)[C@@H](NC(=O)[C@H](C(C)C)N(C)C)C(C)C. The molecule has 0 saturated carbocycles. The highest BCUT2D eigenvalue weighted by Crippen LogP contribution is 2.29. The lowest BCUT2D eigenvalue weighted by molar-refractivity contribution is -0.145. The summed E-state index contributed by atoms with van der Waals surface area (Å²) in [5.74, 6) is -2.34. The van der Waals surface area contributed by atoms with Crippen molar-refractivity contribution in [3.05, 3.63) is 47.5 Å². The summed E-state index contributed by atoms with van der Waals surface area (Å²) in [4.78, 5) is 74.2. The van der Waals surface area contributed by atoms with Crippen molar-refractivity contribution in [3.63, 3.8) is 0 Å². The summed E-state index contributed by atoms with van der Waals surface area (Å²) in [5.41, 5.74) is 1.71. The molecule has 0 unspecified atom stereocenters. The Morgan fingerprint density at radius 3 is 2.09 bits per heavy atom. The number of allylic oxidation sites excluding steroid dienone is 1. The Labute approximate surface area is 341 Å². The van der Waals surface area contributed by atoms with Gasteiger partial charge in [-0.05, 0) is 64.6 Å². The first-order valence-corrected chi connectivity index (χ1v) is 20.4. The lowest BCUT2D eigenvalue weighted by atomic mass is 9.93. The molecular weight excluding hydrogens is 729 g/mol. The van der Waals surface area contributed by atoms with E-state index in [-0.39, 0.29) is 67.4 Å². The number of benzene rings is 1. The molecule has 0 bridgehead atoms. The number of likely N-dealkylation sites (N-methyl/N-ethyl adjacent to an activating group) is 2. The average molecular weight is 801 g/mol. The van der Waals surface area contributed by atoms with Crippen molar-refractivity contribution in [1.82, 2.24) is 30.7 Å². The molecule has 0 radical (unpaired) electrons. The molecule has 0 aromatic heterocycles. The molecule has 1 aromatic rings. The lowest BCUT2D eigenvalue weighted by Gasteiger charge is -2.39. The fourth-order valence-electron chi connectivity index (χ4n) is 7.94. The van der Waals surface area contributed by atoms with Crippen LogP contribution in [0, 0.1) is 17.8 Å². The van der Waals surface area contributed by atoms with E-state index in [0.29, 0.717) is 25.8 Å². The molecule has 4 N–H and O–H groups in total. The van der Waals surface area contributed by atoms with Crippen molar-refractivity contribution in [2.45, 2.75) is 123 Å². The third-order valence-corrected chi connectivity index (χ3v) is 11.1. The van der Waals surface area contributed by atoms with E-state index in [2.05, 4.69) is 16.0 Å². The summed E-state index contributed by atoms with van der Waals surface area (Å²) in [6.45, 7) is 13.9. The van der Waals surface area contributed by atoms with Crippen molar-refractivity contribution < 1.29 is 38.6 Å². The van der Waals surface area contributed by atoms with Crippen molar-refractivity contribution in [3.8, 4) is 0 Å². The summed E-state index contributed by atoms with van der Waals surface area (Å²) in [6, 6.07) is 6.29. The molecule has 1 heterocycles. The largest absolute Gasteiger partial charge is 0.396 e. The number of rotatable bonds is 23. The van der Waals surface area contributed by atoms with Gasteiger partial charge in [0.2, 0.25) is 29.5 Å². The normalized spacial score (nSPS) is 18.4. The van der Waals surface area contributed by atoms with Gasteiger partial charge in [0, 0.05) is 47.4 Å². The number of hydrogen-bond acceptors (Lipinski definition) is 9. The standard InChI is InChI=1S/C43H72N6O8/c1-13-29(6)38(48(10)43(55)36(27(2)3)46-42(54)37(28(4)5)47(8)9)34(56-11)26-35(51)49-23-17-21-33(49)39(57-12)30(7)40(52)45-32(41(53)44-22-18-24-50)25-31-19-15-14-16-20-31/h13-16,19-20,27-28,30,32-34,36-39,50H,17-18,21-26H2,1-12H3,(H,44,53)(H,45,52)(H,46,54)/b29-13-/t30-,32+,33+,34-,36+,37+,38+,39-/m1/s1. The zero-order valence-corrected chi connectivity index (χ0v) is 36.5. The van der Waals surface area contributed by atoms with Crippen molar-refractivity contribution in [2.24, 2.45) is 17.8 Å². The number of amides is 5. The molecule has 0 aliphatic carbocycles. The van der Waals surface area contributed by atoms with Crippen LogP contribution in [0.15, 0.2) is 42.0 Å². The molecule has 1 fully saturated rings. The van der Waals surface area contributed by atoms with Crippen LogP contribution in [0.25, 0.3) is 0 Å². The van der Waals surface area contributed by atoms with E-state index in [1.807, 2.05) is 96.9 Å². The van der Waals surface area contributed by atoms with Gasteiger partial charge < -0.3 is 40.3 Å². The van der Waals surface area contributed by atoms with Crippen LogP contribution in [0.5, 0.6) is 0 Å². The van der Waals surface area contributed by atoms with E-state index >= 15 is 0 Å². The third-order valence-electron chi connectivity index (χ3n) is 11.1. The Kier molecular flexibility index (Phi) is 20.9. The summed E-state index contributed by atoms with van der Waals surface area (Å²) in [5, 5.41) is 17.9. The van der Waals surface area contributed by atoms with Gasteiger partial charge in [0.15, 0.2) is 0 Å². The molecule has 0 spiro atoms. The molecule has 2 rings (SSSR count). The average Bonchev–Trinajstić information content (AvgIpc) is 3.65. The minimum absolute atomic E-state index is 0.0258. The van der Waals surface area contributed by atoms with E-state index in [0.717, 1.165) is 11.1 Å². The van der Waals surface area contributed by atoms with Crippen LogP contribution in [-0.2, 0) is 39.9 Å². The molecule has 5 amide bonds. The molecule has 14 nitrogen and oxygen atoms in total. The summed E-state index contributed by atoms with van der Waals surface area (Å²) >= 11 is 0. The maximum absolute atomic E-state index is 14.3. The van der Waals surface area contributed by atoms with Gasteiger partial charge >= 0.3 is 0 Å².